The zero-order valence-electron chi connectivity index (χ0n) is 29.1. The number of benzene rings is 3. The molecule has 0 saturated heterocycles. The highest BCUT2D eigenvalue weighted by atomic mass is 19.3. The summed E-state index contributed by atoms with van der Waals surface area (Å²) in [4.78, 5) is 36.3. The van der Waals surface area contributed by atoms with Crippen LogP contribution in [0.1, 0.15) is 60.5 Å². The third-order valence-corrected chi connectivity index (χ3v) is 10.2. The summed E-state index contributed by atoms with van der Waals surface area (Å²) in [5, 5.41) is 3.09. The lowest BCUT2D eigenvalue weighted by molar-refractivity contribution is -0.287. The van der Waals surface area contributed by atoms with E-state index in [0.717, 1.165) is 0 Å². The van der Waals surface area contributed by atoms with Gasteiger partial charge in [0, 0.05) is 41.3 Å². The summed E-state index contributed by atoms with van der Waals surface area (Å²) in [6, 6.07) is 9.73. The molecule has 9 rings (SSSR count). The first-order valence-electron chi connectivity index (χ1n) is 16.9. The molecule has 55 heavy (non-hydrogen) atoms. The molecule has 1 N–H and O–H groups in total. The van der Waals surface area contributed by atoms with Crippen LogP contribution in [-0.4, -0.2) is 54.8 Å². The monoisotopic (exact) mass is 767 g/mol. The maximum Gasteiger partial charge on any atom is 0.586 e. The minimum atomic E-state index is -3.83. The van der Waals surface area contributed by atoms with Gasteiger partial charge in [0.2, 0.25) is 5.91 Å². The second-order valence-electron chi connectivity index (χ2n) is 13.9. The largest absolute Gasteiger partial charge is 0.586 e. The van der Waals surface area contributed by atoms with Gasteiger partial charge >= 0.3 is 18.6 Å². The Morgan fingerprint density at radius 3 is 1.98 bits per heavy atom. The summed E-state index contributed by atoms with van der Waals surface area (Å²) in [6.07, 6.45) is -5.25. The normalized spacial score (nSPS) is 25.4. The van der Waals surface area contributed by atoms with Crippen molar-refractivity contribution in [3.8, 4) is 46.0 Å². The fraction of sp³-hybridized carbons (Fsp3) is 0.351. The Hall–Kier alpha value is -6.20. The maximum atomic E-state index is 14.0. The minimum Gasteiger partial charge on any atom is -0.497 e. The van der Waals surface area contributed by atoms with Crippen molar-refractivity contribution in [3.63, 3.8) is 0 Å². The summed E-state index contributed by atoms with van der Waals surface area (Å²) in [5.74, 6) is -0.579. The fourth-order valence-corrected chi connectivity index (χ4v) is 7.13. The number of esters is 1. The predicted octanol–water partition coefficient (Wildman–Crippen LogP) is 5.55. The average Bonchev–Trinajstić information content (AvgIpc) is 3.86. The molecule has 0 radical (unpaired) electrons. The highest BCUT2D eigenvalue weighted by Gasteiger charge is 2.51. The molecule has 0 bridgehead atoms. The first-order valence-corrected chi connectivity index (χ1v) is 16.9. The number of carbonyl (C=O) groups is 2. The van der Waals surface area contributed by atoms with Crippen LogP contribution in [0.25, 0.3) is 0 Å². The van der Waals surface area contributed by atoms with Gasteiger partial charge in [-0.1, -0.05) is 0 Å². The molecule has 4 atom stereocenters. The van der Waals surface area contributed by atoms with Crippen molar-refractivity contribution in [1.29, 1.82) is 0 Å². The minimum absolute atomic E-state index is 0.0595. The molecule has 4 aromatic rings. The van der Waals surface area contributed by atoms with Crippen LogP contribution >= 0.6 is 0 Å². The van der Waals surface area contributed by atoms with Gasteiger partial charge in [0.25, 0.3) is 0 Å². The molecule has 5 aliphatic heterocycles. The SMILES string of the molecule is COc1ccc2c(c1)O[C@@H](c1cnc(COC(=O)[C@@]3(C)COc4cc5c(cc43)OC(F)(F)O5)cn1)C[C@H]2NC(=O)[C@@]1(C)COc2cc3c(cc21)OC(F)(F)O3. The highest BCUT2D eigenvalue weighted by molar-refractivity contribution is 5.90. The molecule has 3 aromatic carbocycles. The summed E-state index contributed by atoms with van der Waals surface area (Å²) < 4.78 is 102. The first-order chi connectivity index (χ1) is 26.1. The Labute approximate surface area is 308 Å². The van der Waals surface area contributed by atoms with Crippen LogP contribution in [0.2, 0.25) is 0 Å². The number of fused-ring (bicyclic) bond motifs is 5. The number of rotatable bonds is 7. The van der Waals surface area contributed by atoms with Gasteiger partial charge < -0.3 is 47.9 Å². The topological polar surface area (TPSA) is 155 Å². The van der Waals surface area contributed by atoms with E-state index in [4.69, 9.17) is 23.7 Å². The maximum absolute atomic E-state index is 14.0. The van der Waals surface area contributed by atoms with Crippen LogP contribution in [0, 0.1) is 0 Å². The number of methoxy groups -OCH3 is 1. The second kappa shape index (κ2) is 11.9. The highest BCUT2D eigenvalue weighted by Crippen LogP contribution is 2.52. The molecule has 18 heteroatoms. The molecular weight excluding hydrogens is 738 g/mol. The molecule has 1 aromatic heterocycles. The van der Waals surface area contributed by atoms with Crippen LogP contribution < -0.4 is 43.2 Å². The van der Waals surface area contributed by atoms with E-state index in [9.17, 15) is 27.2 Å². The van der Waals surface area contributed by atoms with E-state index >= 15 is 0 Å². The van der Waals surface area contributed by atoms with Crippen LogP contribution in [0.15, 0.2) is 54.9 Å². The Bertz CT molecular complexity index is 2280. The van der Waals surface area contributed by atoms with Gasteiger partial charge in [-0.2, -0.15) is 0 Å². The number of halogens is 4. The standard InChI is InChI=1S/C37H29F4N3O11/c1-34(15-49-25-10-30-28(7-20(25)34)52-36(38,39)54-30)32(45)44-22-9-27(51-24-6-18(47-3)4-5-19(22)24)23-13-42-17(12-43-23)14-48-33(46)35(2)16-50-26-11-31-29(8-21(26)35)53-37(40,41)55-31/h4-8,10-13,22,27H,9,14-16H2,1-3H3,(H,44,45)/t22-,27-,34+,35+/m1/s1. The summed E-state index contributed by atoms with van der Waals surface area (Å²) >= 11 is 0. The van der Waals surface area contributed by atoms with Crippen molar-refractivity contribution in [1.82, 2.24) is 15.3 Å². The van der Waals surface area contributed by atoms with Crippen molar-refractivity contribution >= 4 is 11.9 Å². The lowest BCUT2D eigenvalue weighted by Gasteiger charge is -2.34. The molecule has 14 nitrogen and oxygen atoms in total. The van der Waals surface area contributed by atoms with Gasteiger partial charge in [0.15, 0.2) is 23.0 Å². The quantitative estimate of drug-likeness (QED) is 0.185. The van der Waals surface area contributed by atoms with Crippen LogP contribution in [0.4, 0.5) is 17.6 Å². The molecule has 0 saturated carbocycles. The molecule has 0 unspecified atom stereocenters. The van der Waals surface area contributed by atoms with Crippen molar-refractivity contribution in [2.75, 3.05) is 20.3 Å². The van der Waals surface area contributed by atoms with Gasteiger partial charge in [-0.3, -0.25) is 19.6 Å². The number of hydrogen-bond acceptors (Lipinski definition) is 13. The van der Waals surface area contributed by atoms with E-state index in [2.05, 4.69) is 34.2 Å². The number of nitrogens with zero attached hydrogens (tertiary/aromatic N) is 2. The molecule has 0 spiro atoms. The van der Waals surface area contributed by atoms with E-state index < -0.39 is 47.4 Å². The number of carbonyl (C=O) groups excluding carboxylic acids is 2. The Morgan fingerprint density at radius 1 is 0.782 bits per heavy atom. The summed E-state index contributed by atoms with van der Waals surface area (Å²) in [6.45, 7) is 2.79. The molecule has 1 amide bonds. The van der Waals surface area contributed by atoms with E-state index in [0.29, 0.717) is 39.6 Å². The van der Waals surface area contributed by atoms with Crippen LogP contribution in [0.3, 0.4) is 0 Å². The van der Waals surface area contributed by atoms with Crippen LogP contribution in [-0.2, 0) is 31.8 Å². The molecule has 0 fully saturated rings. The number of alkyl halides is 4. The second-order valence-corrected chi connectivity index (χ2v) is 13.9. The van der Waals surface area contributed by atoms with E-state index in [1.54, 1.807) is 32.0 Å². The number of amides is 1. The Balaban J connectivity index is 0.903. The van der Waals surface area contributed by atoms with Crippen molar-refractivity contribution in [2.45, 2.75) is 62.4 Å². The van der Waals surface area contributed by atoms with E-state index in [1.807, 2.05) is 0 Å². The summed E-state index contributed by atoms with van der Waals surface area (Å²) in [7, 11) is 1.51. The fourth-order valence-electron chi connectivity index (χ4n) is 7.13. The number of ether oxygens (including phenoxy) is 9. The molecule has 5 aliphatic rings. The predicted molar refractivity (Wildman–Crippen MR) is 175 cm³/mol. The average molecular weight is 768 g/mol. The van der Waals surface area contributed by atoms with Gasteiger partial charge in [-0.05, 0) is 38.1 Å². The van der Waals surface area contributed by atoms with Gasteiger partial charge in [0.05, 0.1) is 36.9 Å². The molecular formula is C37H29F4N3O11. The third-order valence-electron chi connectivity index (χ3n) is 10.2. The van der Waals surface area contributed by atoms with Gasteiger partial charge in [-0.25, -0.2) is 0 Å². The van der Waals surface area contributed by atoms with E-state index in [-0.39, 0.29) is 60.7 Å². The van der Waals surface area contributed by atoms with Crippen molar-refractivity contribution < 1.29 is 69.8 Å². The zero-order valence-corrected chi connectivity index (χ0v) is 29.1. The van der Waals surface area contributed by atoms with E-state index in [1.165, 1.54) is 43.8 Å². The lowest BCUT2D eigenvalue weighted by atomic mass is 9.82. The molecule has 286 valence electrons. The molecule has 0 aliphatic carbocycles. The Kier molecular flexibility index (Phi) is 7.48. The smallest absolute Gasteiger partial charge is 0.497 e. The van der Waals surface area contributed by atoms with Gasteiger partial charge in [-0.15, -0.1) is 17.6 Å². The lowest BCUT2D eigenvalue weighted by Crippen LogP contribution is -2.46. The Morgan fingerprint density at radius 2 is 1.38 bits per heavy atom. The van der Waals surface area contributed by atoms with Crippen molar-refractivity contribution in [3.05, 3.63) is 82.9 Å². The van der Waals surface area contributed by atoms with Gasteiger partial charge in [0.1, 0.15) is 59.8 Å². The van der Waals surface area contributed by atoms with Crippen molar-refractivity contribution in [2.24, 2.45) is 0 Å². The summed E-state index contributed by atoms with van der Waals surface area (Å²) in [5.41, 5.74) is -0.550. The third kappa shape index (κ3) is 5.77. The first kappa shape index (κ1) is 34.6. The molecule has 6 heterocycles. The number of aromatic nitrogens is 2. The van der Waals surface area contributed by atoms with Crippen LogP contribution in [0.5, 0.6) is 46.0 Å². The zero-order chi connectivity index (χ0) is 38.5. The number of hydrogen-bond donors (Lipinski definition) is 1. The number of nitrogens with one attached hydrogen (secondary N) is 1.